The number of nitrogen functional groups attached to an aromatic ring is 1. The van der Waals surface area contributed by atoms with Crippen molar-refractivity contribution in [3.8, 4) is 0 Å². The number of fused-ring (bicyclic) bond motifs is 1. The van der Waals surface area contributed by atoms with Gasteiger partial charge in [0.25, 0.3) is 0 Å². The first kappa shape index (κ1) is 11.3. The van der Waals surface area contributed by atoms with Crippen LogP contribution >= 0.6 is 0 Å². The van der Waals surface area contributed by atoms with Crippen molar-refractivity contribution in [1.82, 2.24) is 9.55 Å². The summed E-state index contributed by atoms with van der Waals surface area (Å²) in [5.74, 6) is 1.36. The maximum atomic E-state index is 6.18. The molecule has 1 saturated heterocycles. The monoisotopic (exact) mass is 257 g/mol. The van der Waals surface area contributed by atoms with Crippen molar-refractivity contribution in [2.45, 2.75) is 38.3 Å². The topological polar surface area (TPSA) is 53.1 Å². The number of aromatic nitrogens is 2. The lowest BCUT2D eigenvalue weighted by atomic mass is 10.1. The van der Waals surface area contributed by atoms with E-state index < -0.39 is 0 Å². The highest BCUT2D eigenvalue weighted by atomic mass is 16.5. The lowest BCUT2D eigenvalue weighted by molar-refractivity contribution is 0.0762. The van der Waals surface area contributed by atoms with E-state index in [-0.39, 0.29) is 0 Å². The van der Waals surface area contributed by atoms with Crippen LogP contribution in [0.15, 0.2) is 18.2 Å². The highest BCUT2D eigenvalue weighted by molar-refractivity contribution is 5.81. The number of hydrogen-bond acceptors (Lipinski definition) is 3. The van der Waals surface area contributed by atoms with Gasteiger partial charge in [0.2, 0.25) is 5.95 Å². The first-order valence-corrected chi connectivity index (χ1v) is 7.10. The Labute approximate surface area is 112 Å². The van der Waals surface area contributed by atoms with Crippen LogP contribution in [0, 0.1) is 12.8 Å². The number of hydrogen-bond donors (Lipinski definition) is 1. The highest BCUT2D eigenvalue weighted by Gasteiger charge is 2.42. The average Bonchev–Trinajstić information content (AvgIpc) is 3.02. The van der Waals surface area contributed by atoms with E-state index >= 15 is 0 Å². The number of para-hydroxylation sites is 1. The van der Waals surface area contributed by atoms with Gasteiger partial charge in [0, 0.05) is 6.61 Å². The molecule has 1 saturated carbocycles. The third-order valence-corrected chi connectivity index (χ3v) is 4.47. The molecule has 2 fully saturated rings. The molecule has 4 nitrogen and oxygen atoms in total. The predicted octanol–water partition coefficient (Wildman–Crippen LogP) is 2.67. The fourth-order valence-corrected chi connectivity index (χ4v) is 3.37. The van der Waals surface area contributed by atoms with Crippen LogP contribution < -0.4 is 5.73 Å². The fraction of sp³-hybridized carbons (Fsp3) is 0.533. The minimum Gasteiger partial charge on any atom is -0.376 e. The van der Waals surface area contributed by atoms with Gasteiger partial charge in [-0.25, -0.2) is 4.98 Å². The molecule has 0 amide bonds. The Bertz CT molecular complexity index is 630. The number of benzene rings is 1. The van der Waals surface area contributed by atoms with Gasteiger partial charge in [-0.3, -0.25) is 0 Å². The Balaban J connectivity index is 1.85. The van der Waals surface area contributed by atoms with Crippen LogP contribution in [0.1, 0.15) is 30.9 Å². The average molecular weight is 257 g/mol. The maximum absolute atomic E-state index is 6.18. The van der Waals surface area contributed by atoms with E-state index in [1.165, 1.54) is 18.4 Å². The molecule has 1 aliphatic carbocycles. The fourth-order valence-electron chi connectivity index (χ4n) is 3.37. The SMILES string of the molecule is Cc1cccc2c1nc(N)n2C1CCOC1C1CC1. The van der Waals surface area contributed by atoms with Crippen molar-refractivity contribution in [2.24, 2.45) is 5.92 Å². The molecule has 4 rings (SSSR count). The van der Waals surface area contributed by atoms with Gasteiger partial charge in [-0.2, -0.15) is 0 Å². The van der Waals surface area contributed by atoms with Gasteiger partial charge in [-0.15, -0.1) is 0 Å². The number of ether oxygens (including phenoxy) is 1. The smallest absolute Gasteiger partial charge is 0.201 e. The van der Waals surface area contributed by atoms with E-state index in [0.29, 0.717) is 18.1 Å². The number of nitrogens with zero attached hydrogens (tertiary/aromatic N) is 2. The zero-order valence-electron chi connectivity index (χ0n) is 11.2. The molecule has 1 aromatic heterocycles. The number of rotatable bonds is 2. The molecule has 2 atom stereocenters. The summed E-state index contributed by atoms with van der Waals surface area (Å²) in [7, 11) is 0. The van der Waals surface area contributed by atoms with E-state index in [1.54, 1.807) is 0 Å². The molecule has 2 unspecified atom stereocenters. The molecule has 2 aliphatic rings. The molecule has 1 aromatic carbocycles. The molecular weight excluding hydrogens is 238 g/mol. The summed E-state index contributed by atoms with van der Waals surface area (Å²) in [5, 5.41) is 0. The summed E-state index contributed by atoms with van der Waals surface area (Å²) in [6, 6.07) is 6.65. The van der Waals surface area contributed by atoms with Gasteiger partial charge in [-0.05, 0) is 43.7 Å². The third-order valence-electron chi connectivity index (χ3n) is 4.47. The lowest BCUT2D eigenvalue weighted by Gasteiger charge is -2.21. The van der Waals surface area contributed by atoms with Crippen LogP contribution in [-0.4, -0.2) is 22.3 Å². The molecule has 4 heteroatoms. The molecule has 19 heavy (non-hydrogen) atoms. The van der Waals surface area contributed by atoms with E-state index in [0.717, 1.165) is 30.0 Å². The molecule has 2 aromatic rings. The quantitative estimate of drug-likeness (QED) is 0.900. The van der Waals surface area contributed by atoms with Crippen LogP contribution in [0.5, 0.6) is 0 Å². The zero-order valence-corrected chi connectivity index (χ0v) is 11.2. The van der Waals surface area contributed by atoms with Gasteiger partial charge < -0.3 is 15.0 Å². The number of nitrogens with two attached hydrogens (primary N) is 1. The second kappa shape index (κ2) is 3.97. The molecule has 0 spiro atoms. The standard InChI is InChI=1S/C15H19N3O/c1-9-3-2-4-11-13(9)17-15(16)18(11)12-7-8-19-14(12)10-5-6-10/h2-4,10,12,14H,5-8H2,1H3,(H2,16,17). The summed E-state index contributed by atoms with van der Waals surface area (Å²) in [4.78, 5) is 4.56. The second-order valence-electron chi connectivity index (χ2n) is 5.81. The number of aryl methyl sites for hydroxylation is 1. The van der Waals surface area contributed by atoms with Crippen LogP contribution in [0.2, 0.25) is 0 Å². The molecule has 1 aliphatic heterocycles. The Hall–Kier alpha value is -1.55. The molecule has 2 heterocycles. The Morgan fingerprint density at radius 1 is 1.32 bits per heavy atom. The van der Waals surface area contributed by atoms with E-state index in [4.69, 9.17) is 10.5 Å². The summed E-state index contributed by atoms with van der Waals surface area (Å²) in [5.41, 5.74) is 9.55. The van der Waals surface area contributed by atoms with Crippen LogP contribution in [-0.2, 0) is 4.74 Å². The van der Waals surface area contributed by atoms with E-state index in [1.807, 2.05) is 0 Å². The maximum Gasteiger partial charge on any atom is 0.201 e. The van der Waals surface area contributed by atoms with Crippen molar-refractivity contribution >= 4 is 17.0 Å². The van der Waals surface area contributed by atoms with E-state index in [2.05, 4.69) is 34.7 Å². The van der Waals surface area contributed by atoms with E-state index in [9.17, 15) is 0 Å². The van der Waals surface area contributed by atoms with Crippen LogP contribution in [0.4, 0.5) is 5.95 Å². The van der Waals surface area contributed by atoms with Gasteiger partial charge in [0.05, 0.1) is 23.2 Å². The summed E-state index contributed by atoms with van der Waals surface area (Å²) < 4.78 is 8.15. The molecule has 100 valence electrons. The Kier molecular flexibility index (Phi) is 2.36. The predicted molar refractivity (Wildman–Crippen MR) is 75.0 cm³/mol. The van der Waals surface area contributed by atoms with Gasteiger partial charge in [-0.1, -0.05) is 12.1 Å². The highest BCUT2D eigenvalue weighted by Crippen LogP contribution is 2.44. The summed E-state index contributed by atoms with van der Waals surface area (Å²) >= 11 is 0. The number of imidazole rings is 1. The molecular formula is C15H19N3O. The summed E-state index contributed by atoms with van der Waals surface area (Å²) in [6.07, 6.45) is 3.98. The van der Waals surface area contributed by atoms with Crippen molar-refractivity contribution in [3.05, 3.63) is 23.8 Å². The van der Waals surface area contributed by atoms with Gasteiger partial charge >= 0.3 is 0 Å². The van der Waals surface area contributed by atoms with Crippen molar-refractivity contribution < 1.29 is 4.74 Å². The van der Waals surface area contributed by atoms with Crippen molar-refractivity contribution in [2.75, 3.05) is 12.3 Å². The minimum absolute atomic E-state index is 0.334. The molecule has 2 N–H and O–H groups in total. The molecule has 0 bridgehead atoms. The van der Waals surface area contributed by atoms with Crippen LogP contribution in [0.25, 0.3) is 11.0 Å². The first-order valence-electron chi connectivity index (χ1n) is 7.10. The first-order chi connectivity index (χ1) is 9.25. The Morgan fingerprint density at radius 2 is 2.16 bits per heavy atom. The summed E-state index contributed by atoms with van der Waals surface area (Å²) in [6.45, 7) is 2.93. The molecule has 0 radical (unpaired) electrons. The van der Waals surface area contributed by atoms with Crippen LogP contribution in [0.3, 0.4) is 0 Å². The van der Waals surface area contributed by atoms with Gasteiger partial charge in [0.1, 0.15) is 0 Å². The van der Waals surface area contributed by atoms with Gasteiger partial charge in [0.15, 0.2) is 0 Å². The third kappa shape index (κ3) is 1.66. The second-order valence-corrected chi connectivity index (χ2v) is 5.81. The zero-order chi connectivity index (χ0) is 13.0. The normalized spacial score (nSPS) is 27.2. The Morgan fingerprint density at radius 3 is 2.95 bits per heavy atom. The number of anilines is 1. The minimum atomic E-state index is 0.334. The van der Waals surface area contributed by atoms with Crippen molar-refractivity contribution in [3.63, 3.8) is 0 Å². The lowest BCUT2D eigenvalue weighted by Crippen LogP contribution is -2.23. The largest absolute Gasteiger partial charge is 0.376 e. The van der Waals surface area contributed by atoms with Crippen molar-refractivity contribution in [1.29, 1.82) is 0 Å².